The number of hydrogen-bond acceptors (Lipinski definition) is 3. The van der Waals surface area contributed by atoms with Gasteiger partial charge in [0.2, 0.25) is 0 Å². The highest BCUT2D eigenvalue weighted by molar-refractivity contribution is 7.19. The van der Waals surface area contributed by atoms with Gasteiger partial charge < -0.3 is 10.2 Å². The molecule has 116 valence electrons. The zero-order valence-electron chi connectivity index (χ0n) is 13.6. The van der Waals surface area contributed by atoms with Crippen molar-refractivity contribution < 1.29 is 4.39 Å². The summed E-state index contributed by atoms with van der Waals surface area (Å²) in [5.41, 5.74) is 1.37. The minimum Gasteiger partial charge on any atom is -0.315 e. The van der Waals surface area contributed by atoms with Crippen molar-refractivity contribution in [2.24, 2.45) is 5.41 Å². The molecule has 0 unspecified atom stereocenters. The minimum absolute atomic E-state index is 0.106. The van der Waals surface area contributed by atoms with Crippen LogP contribution in [-0.4, -0.2) is 25.5 Å². The maximum atomic E-state index is 14.3. The van der Waals surface area contributed by atoms with Crippen LogP contribution >= 0.6 is 11.3 Å². The number of thiophene rings is 1. The molecular formula is C17H25FN2S. The third-order valence-electron chi connectivity index (χ3n) is 3.36. The fourth-order valence-corrected chi connectivity index (χ4v) is 4.06. The summed E-state index contributed by atoms with van der Waals surface area (Å²) >= 11 is 1.69. The lowest BCUT2D eigenvalue weighted by Gasteiger charge is -2.26. The summed E-state index contributed by atoms with van der Waals surface area (Å²) in [7, 11) is 4.04. The number of nitrogens with zero attached hydrogens (tertiary/aromatic N) is 1. The molecule has 0 spiro atoms. The average molecular weight is 308 g/mol. The lowest BCUT2D eigenvalue weighted by Crippen LogP contribution is -2.29. The third kappa shape index (κ3) is 4.02. The van der Waals surface area contributed by atoms with Crippen molar-refractivity contribution in [1.29, 1.82) is 0 Å². The van der Waals surface area contributed by atoms with Gasteiger partial charge in [-0.3, -0.25) is 0 Å². The molecule has 21 heavy (non-hydrogen) atoms. The number of fused-ring (bicyclic) bond motifs is 1. The van der Waals surface area contributed by atoms with Crippen LogP contribution in [0.25, 0.3) is 10.1 Å². The largest absolute Gasteiger partial charge is 0.315 e. The van der Waals surface area contributed by atoms with E-state index in [0.717, 1.165) is 35.3 Å². The van der Waals surface area contributed by atoms with Gasteiger partial charge in [0.05, 0.1) is 0 Å². The van der Waals surface area contributed by atoms with E-state index in [1.54, 1.807) is 23.5 Å². The number of rotatable bonds is 5. The topological polar surface area (TPSA) is 15.3 Å². The van der Waals surface area contributed by atoms with Crippen molar-refractivity contribution in [1.82, 2.24) is 10.2 Å². The first-order valence-electron chi connectivity index (χ1n) is 7.34. The second-order valence-corrected chi connectivity index (χ2v) is 8.02. The Balaban J connectivity index is 2.38. The van der Waals surface area contributed by atoms with Gasteiger partial charge in [0, 0.05) is 34.6 Å². The SMILES string of the molecule is CNCc1sc2cccc(F)c2c1CN(C)CC(C)(C)C. The zero-order chi connectivity index (χ0) is 15.6. The van der Waals surface area contributed by atoms with Crippen LogP contribution in [0.15, 0.2) is 18.2 Å². The van der Waals surface area contributed by atoms with Gasteiger partial charge in [-0.05, 0) is 37.2 Å². The first-order valence-corrected chi connectivity index (χ1v) is 8.15. The first-order chi connectivity index (χ1) is 9.81. The van der Waals surface area contributed by atoms with Crippen LogP contribution in [0.1, 0.15) is 31.2 Å². The molecule has 1 N–H and O–H groups in total. The average Bonchev–Trinajstić information content (AvgIpc) is 2.67. The van der Waals surface area contributed by atoms with Gasteiger partial charge in [-0.2, -0.15) is 0 Å². The van der Waals surface area contributed by atoms with E-state index in [1.807, 2.05) is 13.1 Å². The molecular weight excluding hydrogens is 283 g/mol. The fourth-order valence-electron chi connectivity index (χ4n) is 2.82. The van der Waals surface area contributed by atoms with E-state index in [2.05, 4.69) is 38.0 Å². The molecule has 0 radical (unpaired) electrons. The monoisotopic (exact) mass is 308 g/mol. The Labute approximate surface area is 131 Å². The van der Waals surface area contributed by atoms with E-state index in [4.69, 9.17) is 0 Å². The van der Waals surface area contributed by atoms with Gasteiger partial charge >= 0.3 is 0 Å². The summed E-state index contributed by atoms with van der Waals surface area (Å²) in [6.07, 6.45) is 0. The van der Waals surface area contributed by atoms with Gasteiger partial charge in [-0.25, -0.2) is 4.39 Å². The second kappa shape index (κ2) is 6.42. The summed E-state index contributed by atoms with van der Waals surface area (Å²) in [6, 6.07) is 5.36. The summed E-state index contributed by atoms with van der Waals surface area (Å²) in [5, 5.41) is 4.00. The van der Waals surface area contributed by atoms with Gasteiger partial charge in [-0.1, -0.05) is 26.8 Å². The van der Waals surface area contributed by atoms with Crippen LogP contribution in [-0.2, 0) is 13.1 Å². The van der Waals surface area contributed by atoms with Crippen LogP contribution in [0.4, 0.5) is 4.39 Å². The normalized spacial score (nSPS) is 12.5. The Hall–Kier alpha value is -0.970. The highest BCUT2D eigenvalue weighted by Crippen LogP contribution is 2.34. The molecule has 0 amide bonds. The molecule has 2 aromatic rings. The number of hydrogen-bond donors (Lipinski definition) is 1. The van der Waals surface area contributed by atoms with E-state index in [0.29, 0.717) is 0 Å². The Morgan fingerprint density at radius 3 is 2.62 bits per heavy atom. The second-order valence-electron chi connectivity index (χ2n) is 6.88. The molecule has 0 fully saturated rings. The van der Waals surface area contributed by atoms with Crippen LogP contribution in [0, 0.1) is 11.2 Å². The van der Waals surface area contributed by atoms with Crippen LogP contribution in [0.2, 0.25) is 0 Å². The lowest BCUT2D eigenvalue weighted by atomic mass is 9.96. The predicted molar refractivity (Wildman–Crippen MR) is 90.3 cm³/mol. The molecule has 1 aromatic carbocycles. The van der Waals surface area contributed by atoms with Crippen LogP contribution in [0.5, 0.6) is 0 Å². The van der Waals surface area contributed by atoms with E-state index in [9.17, 15) is 4.39 Å². The Bertz CT molecular complexity index is 613. The maximum Gasteiger partial charge on any atom is 0.132 e. The summed E-state index contributed by atoms with van der Waals surface area (Å²) < 4.78 is 15.3. The third-order valence-corrected chi connectivity index (χ3v) is 4.55. The van der Waals surface area contributed by atoms with Gasteiger partial charge in [-0.15, -0.1) is 11.3 Å². The van der Waals surface area contributed by atoms with Crippen LogP contribution in [0.3, 0.4) is 0 Å². The summed E-state index contributed by atoms with van der Waals surface area (Å²) in [6.45, 7) is 9.24. The van der Waals surface area contributed by atoms with E-state index in [-0.39, 0.29) is 11.2 Å². The van der Waals surface area contributed by atoms with Crippen molar-refractivity contribution in [3.8, 4) is 0 Å². The minimum atomic E-state index is -0.106. The highest BCUT2D eigenvalue weighted by atomic mass is 32.1. The van der Waals surface area contributed by atoms with Crippen molar-refractivity contribution in [3.63, 3.8) is 0 Å². The Morgan fingerprint density at radius 2 is 2.00 bits per heavy atom. The van der Waals surface area contributed by atoms with Crippen molar-refractivity contribution in [3.05, 3.63) is 34.5 Å². The predicted octanol–water partition coefficient (Wildman–Crippen LogP) is 4.24. The Morgan fingerprint density at radius 1 is 1.29 bits per heavy atom. The summed E-state index contributed by atoms with van der Waals surface area (Å²) in [5.74, 6) is -0.106. The van der Waals surface area contributed by atoms with Gasteiger partial charge in [0.25, 0.3) is 0 Å². The molecule has 0 saturated heterocycles. The molecule has 4 heteroatoms. The van der Waals surface area contributed by atoms with Crippen molar-refractivity contribution >= 4 is 21.4 Å². The van der Waals surface area contributed by atoms with E-state index in [1.165, 1.54) is 4.88 Å². The molecule has 2 nitrogen and oxygen atoms in total. The van der Waals surface area contributed by atoms with E-state index < -0.39 is 0 Å². The quantitative estimate of drug-likeness (QED) is 0.889. The highest BCUT2D eigenvalue weighted by Gasteiger charge is 2.19. The molecule has 0 aliphatic rings. The maximum absolute atomic E-state index is 14.3. The zero-order valence-corrected chi connectivity index (χ0v) is 14.4. The molecule has 0 aliphatic heterocycles. The number of halogens is 1. The molecule has 0 atom stereocenters. The van der Waals surface area contributed by atoms with Crippen molar-refractivity contribution in [2.75, 3.05) is 20.6 Å². The molecule has 1 aromatic heterocycles. The van der Waals surface area contributed by atoms with Gasteiger partial charge in [0.15, 0.2) is 0 Å². The first kappa shape index (κ1) is 16.4. The molecule has 0 aliphatic carbocycles. The summed E-state index contributed by atoms with van der Waals surface area (Å²) in [4.78, 5) is 3.52. The Kier molecular flexibility index (Phi) is 5.02. The number of nitrogens with one attached hydrogen (secondary N) is 1. The fraction of sp³-hybridized carbons (Fsp3) is 0.529. The van der Waals surface area contributed by atoms with Gasteiger partial charge in [0.1, 0.15) is 5.82 Å². The molecule has 0 saturated carbocycles. The van der Waals surface area contributed by atoms with Crippen LogP contribution < -0.4 is 5.32 Å². The lowest BCUT2D eigenvalue weighted by molar-refractivity contribution is 0.221. The number of benzene rings is 1. The van der Waals surface area contributed by atoms with Crippen molar-refractivity contribution in [2.45, 2.75) is 33.9 Å². The van der Waals surface area contributed by atoms with E-state index >= 15 is 0 Å². The standard InChI is InChI=1S/C17H25FN2S/c1-17(2,3)11-20(5)10-12-15(9-19-4)21-14-8-6-7-13(18)16(12)14/h6-8,19H,9-11H2,1-5H3. The molecule has 1 heterocycles. The smallest absolute Gasteiger partial charge is 0.132 e. The molecule has 0 bridgehead atoms. The molecule has 2 rings (SSSR count).